The van der Waals surface area contributed by atoms with E-state index in [2.05, 4.69) is 10.3 Å². The van der Waals surface area contributed by atoms with Crippen LogP contribution in [0.4, 0.5) is 0 Å². The Morgan fingerprint density at radius 1 is 1.56 bits per heavy atom. The lowest BCUT2D eigenvalue weighted by atomic mass is 10.4. The molecule has 1 atom stereocenters. The first-order chi connectivity index (χ1) is 4.31. The fourth-order valence-electron chi connectivity index (χ4n) is 0.339. The first kappa shape index (κ1) is 8.37. The number of hydrogen-bond acceptors (Lipinski definition) is 2. The van der Waals surface area contributed by atoms with Crippen molar-refractivity contribution in [3.05, 3.63) is 12.3 Å². The highest BCUT2D eigenvalue weighted by Gasteiger charge is 1.86. The van der Waals surface area contributed by atoms with Crippen molar-refractivity contribution in [1.82, 2.24) is 5.32 Å². The van der Waals surface area contributed by atoms with Gasteiger partial charge in [-0.05, 0) is 20.9 Å². The summed E-state index contributed by atoms with van der Waals surface area (Å²) in [5.41, 5.74) is 0. The molecule has 0 aliphatic carbocycles. The summed E-state index contributed by atoms with van der Waals surface area (Å²) in [6, 6.07) is 0.362. The fourth-order valence-corrected chi connectivity index (χ4v) is 0.339. The number of rotatable bonds is 3. The molecule has 0 heterocycles. The van der Waals surface area contributed by atoms with Crippen molar-refractivity contribution in [3.63, 3.8) is 0 Å². The van der Waals surface area contributed by atoms with Crippen LogP contribution in [0.1, 0.15) is 13.8 Å². The van der Waals surface area contributed by atoms with E-state index < -0.39 is 0 Å². The molecule has 0 aliphatic heterocycles. The molecule has 0 aromatic carbocycles. The first-order valence-corrected chi connectivity index (χ1v) is 3.13. The van der Waals surface area contributed by atoms with Crippen LogP contribution in [-0.4, -0.2) is 19.3 Å². The monoisotopic (exact) mass is 126 g/mol. The molecule has 0 saturated carbocycles. The molecule has 0 saturated heterocycles. The maximum absolute atomic E-state index is 3.99. The van der Waals surface area contributed by atoms with Crippen molar-refractivity contribution in [1.29, 1.82) is 0 Å². The number of nitrogens with one attached hydrogen (secondary N) is 1. The van der Waals surface area contributed by atoms with Gasteiger partial charge in [-0.2, -0.15) is 0 Å². The molecule has 0 aliphatic rings. The van der Waals surface area contributed by atoms with Crippen LogP contribution in [-0.2, 0) is 0 Å². The Bertz CT molecular complexity index is 105. The largest absolute Gasteiger partial charge is 0.312 e. The zero-order chi connectivity index (χ0) is 7.11. The van der Waals surface area contributed by atoms with Gasteiger partial charge in [-0.3, -0.25) is 4.99 Å². The molecule has 0 bridgehead atoms. The molecule has 0 spiro atoms. The molecule has 2 heteroatoms. The van der Waals surface area contributed by atoms with E-state index in [4.69, 9.17) is 0 Å². The Morgan fingerprint density at radius 2 is 2.22 bits per heavy atom. The summed E-state index contributed by atoms with van der Waals surface area (Å²) in [7, 11) is 1.91. The second kappa shape index (κ2) is 5.51. The van der Waals surface area contributed by atoms with E-state index in [9.17, 15) is 0 Å². The highest BCUT2D eigenvalue weighted by molar-refractivity contribution is 5.64. The highest BCUT2D eigenvalue weighted by atomic mass is 14.9. The van der Waals surface area contributed by atoms with E-state index in [1.54, 1.807) is 6.20 Å². The smallest absolute Gasteiger partial charge is 0.0393 e. The third kappa shape index (κ3) is 5.24. The summed E-state index contributed by atoms with van der Waals surface area (Å²) in [6.45, 7) is 3.99. The van der Waals surface area contributed by atoms with Crippen LogP contribution < -0.4 is 5.32 Å². The summed E-state index contributed by atoms with van der Waals surface area (Å²) in [4.78, 5) is 3.99. The van der Waals surface area contributed by atoms with E-state index in [0.29, 0.717) is 6.04 Å². The van der Waals surface area contributed by atoms with Gasteiger partial charge in [0.2, 0.25) is 0 Å². The Labute approximate surface area is 56.7 Å². The molecular weight excluding hydrogens is 112 g/mol. The van der Waals surface area contributed by atoms with Gasteiger partial charge in [0.15, 0.2) is 0 Å². The van der Waals surface area contributed by atoms with Crippen molar-refractivity contribution in [2.75, 3.05) is 7.05 Å². The summed E-state index contributed by atoms with van der Waals surface area (Å²) in [6.07, 6.45) is 5.53. The molecule has 0 amide bonds. The van der Waals surface area contributed by atoms with Crippen molar-refractivity contribution in [2.45, 2.75) is 19.9 Å². The lowest BCUT2D eigenvalue weighted by Gasteiger charge is -1.98. The molecule has 1 N–H and O–H groups in total. The molecule has 0 rings (SSSR count). The van der Waals surface area contributed by atoms with Crippen molar-refractivity contribution < 1.29 is 0 Å². The van der Waals surface area contributed by atoms with Gasteiger partial charge < -0.3 is 5.32 Å². The van der Waals surface area contributed by atoms with Crippen LogP contribution in [0.3, 0.4) is 0 Å². The van der Waals surface area contributed by atoms with Crippen molar-refractivity contribution >= 4 is 6.21 Å². The van der Waals surface area contributed by atoms with Crippen molar-refractivity contribution in [3.8, 4) is 0 Å². The summed E-state index contributed by atoms with van der Waals surface area (Å²) >= 11 is 0. The van der Waals surface area contributed by atoms with E-state index >= 15 is 0 Å². The quantitative estimate of drug-likeness (QED) is 0.564. The average molecular weight is 126 g/mol. The summed E-state index contributed by atoms with van der Waals surface area (Å²) in [5.74, 6) is 0. The standard InChI is InChI=1S/C7H14N2/c1-4-5-9-6-7(2)8-3/h4-8H,1-3H3/b5-4-,9-6?. The Kier molecular flexibility index (Phi) is 5.12. The van der Waals surface area contributed by atoms with Crippen LogP contribution in [0.2, 0.25) is 0 Å². The van der Waals surface area contributed by atoms with Crippen LogP contribution in [0.5, 0.6) is 0 Å². The van der Waals surface area contributed by atoms with E-state index in [0.717, 1.165) is 0 Å². The molecular formula is C7H14N2. The van der Waals surface area contributed by atoms with Crippen LogP contribution in [0.25, 0.3) is 0 Å². The SMILES string of the molecule is C/C=C\N=CC(C)NC. The van der Waals surface area contributed by atoms with Gasteiger partial charge in [-0.1, -0.05) is 6.08 Å². The molecule has 0 aromatic heterocycles. The highest BCUT2D eigenvalue weighted by Crippen LogP contribution is 1.75. The van der Waals surface area contributed by atoms with E-state index in [1.165, 1.54) is 0 Å². The minimum absolute atomic E-state index is 0.362. The van der Waals surface area contributed by atoms with Crippen LogP contribution in [0.15, 0.2) is 17.3 Å². The summed E-state index contributed by atoms with van der Waals surface area (Å²) < 4.78 is 0. The number of nitrogens with zero attached hydrogens (tertiary/aromatic N) is 1. The van der Waals surface area contributed by atoms with Crippen LogP contribution in [0, 0.1) is 0 Å². The van der Waals surface area contributed by atoms with E-state index in [-0.39, 0.29) is 0 Å². The van der Waals surface area contributed by atoms with Gasteiger partial charge in [0.1, 0.15) is 0 Å². The second-order valence-electron chi connectivity index (χ2n) is 1.86. The van der Waals surface area contributed by atoms with Gasteiger partial charge >= 0.3 is 0 Å². The van der Waals surface area contributed by atoms with Gasteiger partial charge in [0.25, 0.3) is 0 Å². The predicted molar refractivity (Wildman–Crippen MR) is 41.8 cm³/mol. The fraction of sp³-hybridized carbons (Fsp3) is 0.571. The molecule has 9 heavy (non-hydrogen) atoms. The third-order valence-corrected chi connectivity index (χ3v) is 1.00. The van der Waals surface area contributed by atoms with Gasteiger partial charge in [-0.25, -0.2) is 0 Å². The molecule has 0 fully saturated rings. The Hall–Kier alpha value is -0.630. The molecule has 52 valence electrons. The molecule has 0 aromatic rings. The van der Waals surface area contributed by atoms with Gasteiger partial charge in [0, 0.05) is 18.5 Å². The summed E-state index contributed by atoms with van der Waals surface area (Å²) in [5, 5.41) is 3.04. The maximum Gasteiger partial charge on any atom is 0.0393 e. The minimum Gasteiger partial charge on any atom is -0.312 e. The zero-order valence-corrected chi connectivity index (χ0v) is 6.26. The normalized spacial score (nSPS) is 15.4. The predicted octanol–water partition coefficient (Wildman–Crippen LogP) is 1.20. The average Bonchev–Trinajstić information content (AvgIpc) is 1.89. The minimum atomic E-state index is 0.362. The molecule has 1 unspecified atom stereocenters. The van der Waals surface area contributed by atoms with Crippen molar-refractivity contribution in [2.24, 2.45) is 4.99 Å². The number of hydrogen-bond donors (Lipinski definition) is 1. The van der Waals surface area contributed by atoms with Gasteiger partial charge in [0.05, 0.1) is 0 Å². The van der Waals surface area contributed by atoms with E-state index in [1.807, 2.05) is 33.2 Å². The Morgan fingerprint density at radius 3 is 2.67 bits per heavy atom. The number of allylic oxidation sites excluding steroid dienone is 1. The molecule has 2 nitrogen and oxygen atoms in total. The second-order valence-corrected chi connectivity index (χ2v) is 1.86. The first-order valence-electron chi connectivity index (χ1n) is 3.13. The number of aliphatic imine (C=N–C) groups is 1. The topological polar surface area (TPSA) is 24.4 Å². The zero-order valence-electron chi connectivity index (χ0n) is 6.26. The van der Waals surface area contributed by atoms with Gasteiger partial charge in [-0.15, -0.1) is 0 Å². The van der Waals surface area contributed by atoms with Crippen LogP contribution >= 0.6 is 0 Å². The lowest BCUT2D eigenvalue weighted by molar-refractivity contribution is 0.774. The Balaban J connectivity index is 3.43. The molecule has 0 radical (unpaired) electrons. The maximum atomic E-state index is 3.99. The lowest BCUT2D eigenvalue weighted by Crippen LogP contribution is -2.21. The third-order valence-electron chi connectivity index (χ3n) is 1.00.